The van der Waals surface area contributed by atoms with E-state index >= 15 is 0 Å². The number of aromatic nitrogens is 1. The second kappa shape index (κ2) is 11.6. The van der Waals surface area contributed by atoms with Crippen molar-refractivity contribution in [3.63, 3.8) is 0 Å². The van der Waals surface area contributed by atoms with Crippen molar-refractivity contribution >= 4 is 61.7 Å². The minimum Gasteiger partial charge on any atom is -0.322 e. The molecule has 35 heavy (non-hydrogen) atoms. The van der Waals surface area contributed by atoms with Gasteiger partial charge in [-0.25, -0.2) is 9.37 Å². The number of rotatable bonds is 8. The Morgan fingerprint density at radius 3 is 2.51 bits per heavy atom. The second-order valence-electron chi connectivity index (χ2n) is 7.54. The summed E-state index contributed by atoms with van der Waals surface area (Å²) >= 11 is 6.23. The van der Waals surface area contributed by atoms with Crippen LogP contribution in [0.2, 0.25) is 0 Å². The van der Waals surface area contributed by atoms with E-state index in [1.165, 1.54) is 47.4 Å². The molecule has 2 N–H and O–H groups in total. The number of nitrogens with zero attached hydrogens (tertiary/aromatic N) is 1. The van der Waals surface area contributed by atoms with Crippen molar-refractivity contribution in [1.29, 1.82) is 0 Å². The van der Waals surface area contributed by atoms with Crippen molar-refractivity contribution in [3.8, 4) is 11.3 Å². The molecule has 4 rings (SSSR count). The van der Waals surface area contributed by atoms with Crippen LogP contribution in [-0.4, -0.2) is 22.0 Å². The van der Waals surface area contributed by atoms with E-state index in [9.17, 15) is 14.0 Å². The van der Waals surface area contributed by atoms with Crippen LogP contribution in [0.3, 0.4) is 0 Å². The molecular formula is C26H21BrFN3O2S2. The summed E-state index contributed by atoms with van der Waals surface area (Å²) < 4.78 is 14.1. The van der Waals surface area contributed by atoms with Crippen LogP contribution in [0.1, 0.15) is 23.7 Å². The second-order valence-corrected chi connectivity index (χ2v) is 10.6. The van der Waals surface area contributed by atoms with Gasteiger partial charge in [-0.2, -0.15) is 0 Å². The van der Waals surface area contributed by atoms with Crippen molar-refractivity contribution in [3.05, 3.63) is 94.0 Å². The van der Waals surface area contributed by atoms with Gasteiger partial charge in [-0.1, -0.05) is 41.1 Å². The highest BCUT2D eigenvalue weighted by atomic mass is 79.9. The lowest BCUT2D eigenvalue weighted by atomic mass is 10.2. The lowest BCUT2D eigenvalue weighted by molar-refractivity contribution is -0.115. The van der Waals surface area contributed by atoms with Crippen LogP contribution in [0.5, 0.6) is 0 Å². The average molecular weight is 571 g/mol. The number of benzene rings is 3. The Labute approximate surface area is 219 Å². The number of halogens is 2. The molecular weight excluding hydrogens is 549 g/mol. The summed E-state index contributed by atoms with van der Waals surface area (Å²) in [4.78, 5) is 30.8. The Morgan fingerprint density at radius 1 is 1.06 bits per heavy atom. The van der Waals surface area contributed by atoms with E-state index in [0.29, 0.717) is 22.8 Å². The zero-order chi connectivity index (χ0) is 24.8. The summed E-state index contributed by atoms with van der Waals surface area (Å²) in [5.41, 5.74) is 2.74. The standard InChI is InChI=1S/C26H21BrFN3O2S2/c1-2-23(25(33)31-26-30-22(15-34-26)16-6-10-18(27)11-7-16)35-21-5-3-4-20(14-21)29-24(32)17-8-12-19(28)13-9-17/h3-15,23H,2H2,1H3,(H,29,32)(H,30,31,33). The Morgan fingerprint density at radius 2 is 1.80 bits per heavy atom. The molecule has 2 amide bonds. The van der Waals surface area contributed by atoms with E-state index in [-0.39, 0.29) is 17.1 Å². The Hall–Kier alpha value is -3.01. The minimum atomic E-state index is -0.397. The fourth-order valence-electron chi connectivity index (χ4n) is 3.21. The van der Waals surface area contributed by atoms with Crippen LogP contribution in [-0.2, 0) is 4.79 Å². The van der Waals surface area contributed by atoms with Gasteiger partial charge < -0.3 is 10.6 Å². The minimum absolute atomic E-state index is 0.130. The van der Waals surface area contributed by atoms with E-state index in [2.05, 4.69) is 31.5 Å². The molecule has 5 nitrogen and oxygen atoms in total. The number of carbonyl (C=O) groups is 2. The smallest absolute Gasteiger partial charge is 0.255 e. The molecule has 0 fully saturated rings. The van der Waals surface area contributed by atoms with Gasteiger partial charge in [0, 0.05) is 31.6 Å². The number of nitrogens with one attached hydrogen (secondary N) is 2. The summed E-state index contributed by atoms with van der Waals surface area (Å²) in [7, 11) is 0. The molecule has 1 atom stereocenters. The molecule has 0 aliphatic carbocycles. The van der Waals surface area contributed by atoms with Gasteiger partial charge in [-0.05, 0) is 61.0 Å². The van der Waals surface area contributed by atoms with Gasteiger partial charge in [0.05, 0.1) is 10.9 Å². The third kappa shape index (κ3) is 6.78. The van der Waals surface area contributed by atoms with E-state index in [0.717, 1.165) is 20.6 Å². The third-order valence-electron chi connectivity index (χ3n) is 5.01. The Bertz CT molecular complexity index is 1330. The molecule has 0 radical (unpaired) electrons. The number of carbonyl (C=O) groups excluding carboxylic acids is 2. The van der Waals surface area contributed by atoms with Crippen molar-refractivity contribution in [2.24, 2.45) is 0 Å². The van der Waals surface area contributed by atoms with Crippen LogP contribution in [0.15, 0.2) is 87.5 Å². The number of hydrogen-bond acceptors (Lipinski definition) is 5. The van der Waals surface area contributed by atoms with Crippen LogP contribution in [0.4, 0.5) is 15.2 Å². The molecule has 0 saturated carbocycles. The predicted molar refractivity (Wildman–Crippen MR) is 145 cm³/mol. The summed E-state index contributed by atoms with van der Waals surface area (Å²) in [6.07, 6.45) is 0.619. The predicted octanol–water partition coefficient (Wildman–Crippen LogP) is 7.47. The first-order chi connectivity index (χ1) is 16.9. The molecule has 0 saturated heterocycles. The van der Waals surface area contributed by atoms with E-state index < -0.39 is 5.82 Å². The summed E-state index contributed by atoms with van der Waals surface area (Å²) in [5.74, 6) is -0.858. The fourth-order valence-corrected chi connectivity index (χ4v) is 5.21. The first kappa shape index (κ1) is 25.1. The number of amides is 2. The molecule has 178 valence electrons. The monoisotopic (exact) mass is 569 g/mol. The van der Waals surface area contributed by atoms with Crippen LogP contribution >= 0.6 is 39.0 Å². The molecule has 0 aliphatic rings. The average Bonchev–Trinajstić information content (AvgIpc) is 3.32. The Balaban J connectivity index is 1.39. The van der Waals surface area contributed by atoms with Crippen molar-refractivity contribution < 1.29 is 14.0 Å². The largest absolute Gasteiger partial charge is 0.322 e. The van der Waals surface area contributed by atoms with Crippen LogP contribution in [0, 0.1) is 5.82 Å². The maximum absolute atomic E-state index is 13.1. The molecule has 3 aromatic carbocycles. The summed E-state index contributed by atoms with van der Waals surface area (Å²) in [5, 5.41) is 7.87. The van der Waals surface area contributed by atoms with Gasteiger partial charge in [-0.3, -0.25) is 9.59 Å². The van der Waals surface area contributed by atoms with Crippen LogP contribution < -0.4 is 10.6 Å². The first-order valence-corrected chi connectivity index (χ1v) is 13.3. The number of hydrogen-bond donors (Lipinski definition) is 2. The van der Waals surface area contributed by atoms with Crippen molar-refractivity contribution in [2.45, 2.75) is 23.5 Å². The van der Waals surface area contributed by atoms with Gasteiger partial charge in [0.15, 0.2) is 5.13 Å². The molecule has 0 aliphatic heterocycles. The van der Waals surface area contributed by atoms with Gasteiger partial charge >= 0.3 is 0 Å². The number of thiazole rings is 1. The third-order valence-corrected chi connectivity index (χ3v) is 7.66. The first-order valence-electron chi connectivity index (χ1n) is 10.8. The zero-order valence-electron chi connectivity index (χ0n) is 18.6. The molecule has 0 spiro atoms. The quantitative estimate of drug-likeness (QED) is 0.216. The lowest BCUT2D eigenvalue weighted by Crippen LogP contribution is -2.24. The molecule has 9 heteroatoms. The van der Waals surface area contributed by atoms with Gasteiger partial charge in [-0.15, -0.1) is 23.1 Å². The van der Waals surface area contributed by atoms with E-state index in [1.54, 1.807) is 6.07 Å². The van der Waals surface area contributed by atoms with E-state index in [4.69, 9.17) is 0 Å². The van der Waals surface area contributed by atoms with Gasteiger partial charge in [0.25, 0.3) is 5.91 Å². The topological polar surface area (TPSA) is 71.1 Å². The van der Waals surface area contributed by atoms with E-state index in [1.807, 2.05) is 54.8 Å². The Kier molecular flexibility index (Phi) is 8.33. The fraction of sp³-hybridized carbons (Fsp3) is 0.115. The lowest BCUT2D eigenvalue weighted by Gasteiger charge is -2.14. The molecule has 1 aromatic heterocycles. The van der Waals surface area contributed by atoms with Crippen LogP contribution in [0.25, 0.3) is 11.3 Å². The van der Waals surface area contributed by atoms with Gasteiger partial charge in [0.1, 0.15) is 5.82 Å². The normalized spacial score (nSPS) is 11.6. The number of thioether (sulfide) groups is 1. The highest BCUT2D eigenvalue weighted by Gasteiger charge is 2.20. The highest BCUT2D eigenvalue weighted by molar-refractivity contribution is 9.10. The summed E-state index contributed by atoms with van der Waals surface area (Å²) in [6, 6.07) is 20.5. The number of anilines is 2. The van der Waals surface area contributed by atoms with Crippen molar-refractivity contribution in [2.75, 3.05) is 10.6 Å². The summed E-state index contributed by atoms with van der Waals surface area (Å²) in [6.45, 7) is 1.95. The zero-order valence-corrected chi connectivity index (χ0v) is 21.8. The molecule has 4 aromatic rings. The highest BCUT2D eigenvalue weighted by Crippen LogP contribution is 2.30. The SMILES string of the molecule is CCC(Sc1cccc(NC(=O)c2ccc(F)cc2)c1)C(=O)Nc1nc(-c2ccc(Br)cc2)cs1. The molecule has 0 bridgehead atoms. The molecule has 1 unspecified atom stereocenters. The maximum atomic E-state index is 13.1. The maximum Gasteiger partial charge on any atom is 0.255 e. The van der Waals surface area contributed by atoms with Crippen molar-refractivity contribution in [1.82, 2.24) is 4.98 Å². The molecule has 1 heterocycles. The van der Waals surface area contributed by atoms with Gasteiger partial charge in [0.2, 0.25) is 5.91 Å².